The van der Waals surface area contributed by atoms with E-state index in [9.17, 15) is 49.6 Å². The molecule has 0 amide bonds. The highest BCUT2D eigenvalue weighted by Crippen LogP contribution is 2.70. The summed E-state index contributed by atoms with van der Waals surface area (Å²) in [6, 6.07) is 0. The average Bonchev–Trinajstić information content (AvgIpc) is 3.24. The number of rotatable bonds is 15. The number of esters is 1. The molecule has 4 aliphatic carbocycles. The number of fused-ring (bicyclic) bond motifs is 5. The molecule has 0 heterocycles. The second kappa shape index (κ2) is 14.3. The zero-order valence-corrected chi connectivity index (χ0v) is 26.7. The van der Waals surface area contributed by atoms with Crippen molar-refractivity contribution in [3.63, 3.8) is 0 Å². The van der Waals surface area contributed by atoms with Crippen molar-refractivity contribution in [2.75, 3.05) is 26.4 Å². The maximum atomic E-state index is 17.6. The van der Waals surface area contributed by atoms with E-state index in [1.165, 1.54) is 19.9 Å². The van der Waals surface area contributed by atoms with E-state index in [0.717, 1.165) is 12.2 Å². The number of alkyl halides is 2. The summed E-state index contributed by atoms with van der Waals surface area (Å²) in [7, 11) is 0. The number of nitrogens with zero attached hydrogens (tertiary/aromatic N) is 2. The minimum Gasteiger partial charge on any atom is -0.447 e. The number of carbonyl (C=O) groups is 4. The Morgan fingerprint density at radius 1 is 0.959 bits per heavy atom. The lowest BCUT2D eigenvalue weighted by molar-refractivity contribution is -0.757. The van der Waals surface area contributed by atoms with Gasteiger partial charge in [0.1, 0.15) is 12.3 Å². The molecule has 4 rings (SSSR count). The van der Waals surface area contributed by atoms with Crippen molar-refractivity contribution in [1.82, 2.24) is 0 Å². The van der Waals surface area contributed by atoms with Gasteiger partial charge in [0.15, 0.2) is 18.1 Å². The number of ketones is 2. The molecule has 4 aliphatic rings. The number of halogens is 2. The first-order valence-corrected chi connectivity index (χ1v) is 15.7. The Bertz CT molecular complexity index is 1430. The standard InChI is InChI=1S/C30H38F2N2O15/c1-27-8-7-17(35)12-20(27)21(31)13-19-18-14-22(36)30(28(18,2)15-23(37)29(19,27)32,49-25(39)6-5-11-48-34(43)44)24(38)16-46-26(40)45-9-3-4-10-47-33(41)42/h7-8,12,18-19,21-23,36-37H,3-6,9-11,13-16H2,1-2H3/t18?,19?,21-,22+,23-,27-,28-,29-,30-/m0/s1. The van der Waals surface area contributed by atoms with E-state index in [4.69, 9.17) is 14.2 Å². The van der Waals surface area contributed by atoms with Crippen LogP contribution in [0.1, 0.15) is 58.8 Å². The maximum absolute atomic E-state index is 17.6. The van der Waals surface area contributed by atoms with Gasteiger partial charge in [-0.1, -0.05) is 13.0 Å². The third-order valence-corrected chi connectivity index (χ3v) is 10.5. The fourth-order valence-electron chi connectivity index (χ4n) is 8.31. The zero-order valence-electron chi connectivity index (χ0n) is 26.7. The number of allylic oxidation sites excluding steroid dienone is 4. The van der Waals surface area contributed by atoms with Gasteiger partial charge in [-0.15, -0.1) is 20.2 Å². The van der Waals surface area contributed by atoms with Crippen LogP contribution in [0.2, 0.25) is 0 Å². The van der Waals surface area contributed by atoms with Gasteiger partial charge in [0.05, 0.1) is 25.9 Å². The van der Waals surface area contributed by atoms with E-state index in [1.54, 1.807) is 0 Å². The van der Waals surface area contributed by atoms with Crippen LogP contribution in [0.15, 0.2) is 23.8 Å². The highest BCUT2D eigenvalue weighted by atomic mass is 19.1. The van der Waals surface area contributed by atoms with Gasteiger partial charge in [0.25, 0.3) is 10.2 Å². The van der Waals surface area contributed by atoms with Gasteiger partial charge < -0.3 is 34.1 Å². The first-order chi connectivity index (χ1) is 22.9. The minimum absolute atomic E-state index is 0.135. The van der Waals surface area contributed by atoms with Gasteiger partial charge in [0.2, 0.25) is 11.4 Å². The molecule has 0 aliphatic heterocycles. The van der Waals surface area contributed by atoms with Crippen LogP contribution >= 0.6 is 0 Å². The minimum atomic E-state index is -2.59. The van der Waals surface area contributed by atoms with Crippen LogP contribution < -0.4 is 0 Å². The molecule has 272 valence electrons. The molecule has 0 aromatic rings. The third kappa shape index (κ3) is 6.69. The first kappa shape index (κ1) is 37.6. The molecule has 0 aromatic heterocycles. The van der Waals surface area contributed by atoms with Crippen molar-refractivity contribution in [1.29, 1.82) is 0 Å². The van der Waals surface area contributed by atoms with E-state index in [-0.39, 0.29) is 38.0 Å². The van der Waals surface area contributed by atoms with Crippen molar-refractivity contribution in [3.05, 3.63) is 44.0 Å². The molecule has 2 N–H and O–H groups in total. The molecule has 0 spiro atoms. The largest absolute Gasteiger partial charge is 0.508 e. The van der Waals surface area contributed by atoms with Crippen LogP contribution in [0.3, 0.4) is 0 Å². The number of ether oxygens (including phenoxy) is 3. The third-order valence-electron chi connectivity index (χ3n) is 10.5. The van der Waals surface area contributed by atoms with Gasteiger partial charge in [-0.05, 0) is 69.1 Å². The predicted octanol–water partition coefficient (Wildman–Crippen LogP) is 2.26. The smallest absolute Gasteiger partial charge is 0.447 e. The lowest BCUT2D eigenvalue weighted by atomic mass is 9.44. The van der Waals surface area contributed by atoms with E-state index in [0.29, 0.717) is 0 Å². The number of hydrogen-bond donors (Lipinski definition) is 2. The van der Waals surface area contributed by atoms with E-state index >= 15 is 8.78 Å². The molecule has 49 heavy (non-hydrogen) atoms. The van der Waals surface area contributed by atoms with Crippen LogP contribution in [-0.2, 0) is 38.3 Å². The van der Waals surface area contributed by atoms with Gasteiger partial charge in [-0.2, -0.15) is 0 Å². The molecule has 9 atom stereocenters. The normalized spacial score (nSPS) is 35.9. The number of carbonyl (C=O) groups excluding carboxylic acids is 4. The molecule has 2 unspecified atom stereocenters. The lowest BCUT2D eigenvalue weighted by Gasteiger charge is -2.63. The zero-order chi connectivity index (χ0) is 36.4. The molecule has 17 nitrogen and oxygen atoms in total. The molecule has 3 saturated carbocycles. The highest BCUT2D eigenvalue weighted by Gasteiger charge is 2.78. The van der Waals surface area contributed by atoms with Crippen LogP contribution in [0, 0.1) is 42.9 Å². The Morgan fingerprint density at radius 3 is 2.24 bits per heavy atom. The Labute approximate surface area is 277 Å². The number of aliphatic hydroxyl groups excluding tert-OH is 2. The van der Waals surface area contributed by atoms with Gasteiger partial charge in [-0.3, -0.25) is 14.4 Å². The van der Waals surface area contributed by atoms with Crippen LogP contribution in [0.25, 0.3) is 0 Å². The summed E-state index contributed by atoms with van der Waals surface area (Å²) in [6.07, 6.45) is -5.71. The SMILES string of the molecule is C[C@]12C=CC(=O)C=C1[C@@H](F)CC1C3C[C@@H](O)[C@](OC(=O)CCCO[N+](=O)[O-])(C(=O)COC(=O)OCCCCO[N+](=O)[O-])[C@@]3(C)C[C@H](O)[C@@]12F. The lowest BCUT2D eigenvalue weighted by Crippen LogP contribution is -2.71. The number of aliphatic hydroxyl groups is 2. The quantitative estimate of drug-likeness (QED) is 0.108. The van der Waals surface area contributed by atoms with E-state index < -0.39 is 125 Å². The van der Waals surface area contributed by atoms with E-state index in [1.807, 2.05) is 0 Å². The Morgan fingerprint density at radius 2 is 1.59 bits per heavy atom. The number of unbranched alkanes of at least 4 members (excludes halogenated alkanes) is 1. The highest BCUT2D eigenvalue weighted by molar-refractivity contribution is 6.01. The molecule has 3 fully saturated rings. The molecule has 0 aromatic carbocycles. The summed E-state index contributed by atoms with van der Waals surface area (Å²) < 4.78 is 48.9. The summed E-state index contributed by atoms with van der Waals surface area (Å²) >= 11 is 0. The topological polar surface area (TPSA) is 241 Å². The number of Topliss-reactive ketones (excluding diaryl/α,β-unsaturated/α-hetero) is 1. The Kier molecular flexibility index (Phi) is 11.0. The van der Waals surface area contributed by atoms with Crippen LogP contribution in [0.5, 0.6) is 0 Å². The van der Waals surface area contributed by atoms with Crippen molar-refractivity contribution in [2.24, 2.45) is 22.7 Å². The monoisotopic (exact) mass is 704 g/mol. The van der Waals surface area contributed by atoms with Crippen molar-refractivity contribution in [3.8, 4) is 0 Å². The molecule has 0 saturated heterocycles. The second-order valence-electron chi connectivity index (χ2n) is 13.1. The summed E-state index contributed by atoms with van der Waals surface area (Å²) in [4.78, 5) is 80.6. The second-order valence-corrected chi connectivity index (χ2v) is 13.1. The summed E-state index contributed by atoms with van der Waals surface area (Å²) in [5.41, 5.74) is -8.85. The van der Waals surface area contributed by atoms with Gasteiger partial charge in [-0.25, -0.2) is 13.6 Å². The fraction of sp³-hybridized carbons (Fsp3) is 0.733. The Balaban J connectivity index is 1.61. The first-order valence-electron chi connectivity index (χ1n) is 15.7. The van der Waals surface area contributed by atoms with Crippen LogP contribution in [0.4, 0.5) is 13.6 Å². The average molecular weight is 705 g/mol. The van der Waals surface area contributed by atoms with Crippen molar-refractivity contribution in [2.45, 2.75) is 88.4 Å². The molecular weight excluding hydrogens is 666 g/mol. The predicted molar refractivity (Wildman–Crippen MR) is 156 cm³/mol. The summed E-state index contributed by atoms with van der Waals surface area (Å²) in [6.45, 7) is 0.585. The van der Waals surface area contributed by atoms with E-state index in [2.05, 4.69) is 9.68 Å². The maximum Gasteiger partial charge on any atom is 0.508 e. The molecular formula is C30H38F2N2O15. The number of hydrogen-bond acceptors (Lipinski definition) is 15. The van der Waals surface area contributed by atoms with Crippen molar-refractivity contribution >= 4 is 23.7 Å². The van der Waals surface area contributed by atoms with Gasteiger partial charge >= 0.3 is 12.1 Å². The molecule has 19 heteroatoms. The summed E-state index contributed by atoms with van der Waals surface area (Å²) in [5, 5.41) is 41.8. The fourth-order valence-corrected chi connectivity index (χ4v) is 8.31. The van der Waals surface area contributed by atoms with Crippen molar-refractivity contribution < 1.29 is 72.2 Å². The van der Waals surface area contributed by atoms with Gasteiger partial charge in [0, 0.05) is 23.2 Å². The summed E-state index contributed by atoms with van der Waals surface area (Å²) in [5.74, 6) is -5.28. The van der Waals surface area contributed by atoms with Crippen LogP contribution in [-0.4, -0.2) is 100 Å². The Hall–Kier alpha value is -4.26. The molecule has 0 radical (unpaired) electrons. The molecule has 0 bridgehead atoms.